The van der Waals surface area contributed by atoms with Crippen LogP contribution in [-0.2, 0) is 11.0 Å². The minimum atomic E-state index is -4.33. The molecule has 2 fully saturated rings. The molecule has 0 saturated carbocycles. The Bertz CT molecular complexity index is 676. The Balaban J connectivity index is 1.58. The van der Waals surface area contributed by atoms with Gasteiger partial charge in [-0.05, 0) is 43.4 Å². The van der Waals surface area contributed by atoms with Gasteiger partial charge in [0.05, 0.1) is 11.6 Å². The third-order valence-corrected chi connectivity index (χ3v) is 5.94. The van der Waals surface area contributed by atoms with Crippen LogP contribution in [0.15, 0.2) is 24.3 Å². The van der Waals surface area contributed by atoms with Crippen molar-refractivity contribution in [3.63, 3.8) is 0 Å². The number of piperazine rings is 1. The zero-order valence-corrected chi connectivity index (χ0v) is 16.9. The summed E-state index contributed by atoms with van der Waals surface area (Å²) < 4.78 is 38.9. The maximum atomic E-state index is 13.0. The number of anilines is 1. The van der Waals surface area contributed by atoms with Gasteiger partial charge in [0, 0.05) is 45.0 Å². The molecule has 156 valence electrons. The van der Waals surface area contributed by atoms with Crippen LogP contribution in [0.1, 0.15) is 32.8 Å². The minimum Gasteiger partial charge on any atom is -0.369 e. The highest BCUT2D eigenvalue weighted by Crippen LogP contribution is 2.32. The number of alkyl halides is 3. The molecule has 7 heteroatoms. The second kappa shape index (κ2) is 8.31. The Morgan fingerprint density at radius 3 is 2.25 bits per heavy atom. The molecular weight excluding hydrogens is 367 g/mol. The lowest BCUT2D eigenvalue weighted by Gasteiger charge is -2.42. The first-order chi connectivity index (χ1) is 13.1. The summed E-state index contributed by atoms with van der Waals surface area (Å²) in [4.78, 5) is 19.0. The van der Waals surface area contributed by atoms with Gasteiger partial charge in [-0.3, -0.25) is 9.69 Å². The van der Waals surface area contributed by atoms with Gasteiger partial charge in [-0.1, -0.05) is 19.9 Å². The first-order valence-corrected chi connectivity index (χ1v) is 10.1. The van der Waals surface area contributed by atoms with Crippen molar-refractivity contribution >= 4 is 11.6 Å². The van der Waals surface area contributed by atoms with Crippen LogP contribution in [0.3, 0.4) is 0 Å². The summed E-state index contributed by atoms with van der Waals surface area (Å²) in [6, 6.07) is 5.29. The number of carbonyl (C=O) groups is 1. The Morgan fingerprint density at radius 2 is 1.68 bits per heavy atom. The van der Waals surface area contributed by atoms with E-state index in [1.54, 1.807) is 6.07 Å². The van der Waals surface area contributed by atoms with Crippen molar-refractivity contribution in [1.29, 1.82) is 0 Å². The molecule has 3 rings (SSSR count). The first kappa shape index (κ1) is 21.0. The molecule has 1 amide bonds. The molecule has 28 heavy (non-hydrogen) atoms. The average molecular weight is 397 g/mol. The maximum absolute atomic E-state index is 13.0. The Hall–Kier alpha value is -1.76. The molecule has 3 atom stereocenters. The molecule has 0 aromatic heterocycles. The smallest absolute Gasteiger partial charge is 0.369 e. The van der Waals surface area contributed by atoms with Crippen molar-refractivity contribution in [2.75, 3.05) is 44.2 Å². The summed E-state index contributed by atoms with van der Waals surface area (Å²) in [6.45, 7) is 10.5. The zero-order chi connectivity index (χ0) is 20.5. The largest absolute Gasteiger partial charge is 0.416 e. The summed E-state index contributed by atoms with van der Waals surface area (Å²) in [7, 11) is 0. The number of hydrogen-bond acceptors (Lipinski definition) is 3. The Morgan fingerprint density at radius 1 is 1.07 bits per heavy atom. The van der Waals surface area contributed by atoms with Crippen LogP contribution < -0.4 is 4.90 Å². The van der Waals surface area contributed by atoms with E-state index < -0.39 is 11.7 Å². The highest BCUT2D eigenvalue weighted by atomic mass is 19.4. The van der Waals surface area contributed by atoms with E-state index in [4.69, 9.17) is 0 Å². The normalized spacial score (nSPS) is 25.6. The molecule has 0 bridgehead atoms. The van der Waals surface area contributed by atoms with E-state index in [1.165, 1.54) is 12.1 Å². The van der Waals surface area contributed by atoms with Crippen molar-refractivity contribution in [1.82, 2.24) is 9.80 Å². The SMILES string of the molecule is CC1CC(C)CN(C(=O)C(C)N2CCN(c3cccc(C(F)(F)F)c3)CC2)C1. The van der Waals surface area contributed by atoms with Crippen molar-refractivity contribution in [2.45, 2.75) is 39.4 Å². The van der Waals surface area contributed by atoms with Gasteiger partial charge in [0.25, 0.3) is 0 Å². The molecule has 1 aromatic rings. The minimum absolute atomic E-state index is 0.172. The molecule has 0 radical (unpaired) electrons. The number of amides is 1. The van der Waals surface area contributed by atoms with Gasteiger partial charge in [0.2, 0.25) is 5.91 Å². The van der Waals surface area contributed by atoms with Gasteiger partial charge < -0.3 is 9.80 Å². The Labute approximate surface area is 165 Å². The highest BCUT2D eigenvalue weighted by Gasteiger charge is 2.33. The predicted octanol–water partition coefficient (Wildman–Crippen LogP) is 3.72. The molecule has 4 nitrogen and oxygen atoms in total. The third kappa shape index (κ3) is 4.80. The number of hydrogen-bond donors (Lipinski definition) is 0. The second-order valence-corrected chi connectivity index (χ2v) is 8.44. The second-order valence-electron chi connectivity index (χ2n) is 8.44. The number of rotatable bonds is 3. The molecule has 3 unspecified atom stereocenters. The van der Waals surface area contributed by atoms with Crippen LogP contribution in [0.25, 0.3) is 0 Å². The quantitative estimate of drug-likeness (QED) is 0.778. The molecule has 0 N–H and O–H groups in total. The number of nitrogens with zero attached hydrogens (tertiary/aromatic N) is 3. The number of likely N-dealkylation sites (tertiary alicyclic amines) is 1. The van der Waals surface area contributed by atoms with Gasteiger partial charge >= 0.3 is 6.18 Å². The lowest BCUT2D eigenvalue weighted by atomic mass is 9.91. The zero-order valence-electron chi connectivity index (χ0n) is 16.9. The van der Waals surface area contributed by atoms with Crippen molar-refractivity contribution in [2.24, 2.45) is 11.8 Å². The number of benzene rings is 1. The molecule has 2 aliphatic rings. The van der Waals surface area contributed by atoms with Gasteiger partial charge in [0.15, 0.2) is 0 Å². The molecule has 0 aliphatic carbocycles. The van der Waals surface area contributed by atoms with E-state index in [9.17, 15) is 18.0 Å². The standard InChI is InChI=1S/C21H30F3N3O/c1-15-11-16(2)14-27(13-15)20(28)17(3)25-7-9-26(10-8-25)19-6-4-5-18(12-19)21(22,23)24/h4-6,12,15-17H,7-11,13-14H2,1-3H3. The fourth-order valence-corrected chi connectivity index (χ4v) is 4.51. The van der Waals surface area contributed by atoms with E-state index >= 15 is 0 Å². The highest BCUT2D eigenvalue weighted by molar-refractivity contribution is 5.81. The first-order valence-electron chi connectivity index (χ1n) is 10.1. The summed E-state index contributed by atoms with van der Waals surface area (Å²) in [6.07, 6.45) is -3.17. The van der Waals surface area contributed by atoms with Crippen LogP contribution in [-0.4, -0.2) is 61.0 Å². The topological polar surface area (TPSA) is 26.8 Å². The Kier molecular flexibility index (Phi) is 6.22. The number of carbonyl (C=O) groups excluding carboxylic acids is 1. The molecular formula is C21H30F3N3O. The van der Waals surface area contributed by atoms with Crippen molar-refractivity contribution < 1.29 is 18.0 Å². The van der Waals surface area contributed by atoms with Gasteiger partial charge in [-0.15, -0.1) is 0 Å². The molecule has 2 aliphatic heterocycles. The predicted molar refractivity (Wildman–Crippen MR) is 104 cm³/mol. The van der Waals surface area contributed by atoms with Gasteiger partial charge in [-0.25, -0.2) is 0 Å². The fraction of sp³-hybridized carbons (Fsp3) is 0.667. The molecule has 2 heterocycles. The summed E-state index contributed by atoms with van der Waals surface area (Å²) in [5.41, 5.74) is -0.0311. The van der Waals surface area contributed by atoms with Crippen LogP contribution in [0.2, 0.25) is 0 Å². The summed E-state index contributed by atoms with van der Waals surface area (Å²) >= 11 is 0. The van der Waals surface area contributed by atoms with Crippen LogP contribution in [0, 0.1) is 11.8 Å². The van der Waals surface area contributed by atoms with Crippen LogP contribution in [0.4, 0.5) is 18.9 Å². The number of halogens is 3. The van der Waals surface area contributed by atoms with Crippen LogP contribution >= 0.6 is 0 Å². The van der Waals surface area contributed by atoms with Crippen molar-refractivity contribution in [3.05, 3.63) is 29.8 Å². The van der Waals surface area contributed by atoms with E-state index in [2.05, 4.69) is 18.7 Å². The van der Waals surface area contributed by atoms with E-state index in [-0.39, 0.29) is 11.9 Å². The maximum Gasteiger partial charge on any atom is 0.416 e. The fourth-order valence-electron chi connectivity index (χ4n) is 4.51. The van der Waals surface area contributed by atoms with Crippen molar-refractivity contribution in [3.8, 4) is 0 Å². The van der Waals surface area contributed by atoms with Gasteiger partial charge in [-0.2, -0.15) is 13.2 Å². The third-order valence-electron chi connectivity index (χ3n) is 5.94. The lowest BCUT2D eigenvalue weighted by Crippen LogP contribution is -2.56. The molecule has 1 aromatic carbocycles. The van der Waals surface area contributed by atoms with E-state index in [0.29, 0.717) is 43.7 Å². The van der Waals surface area contributed by atoms with E-state index in [1.807, 2.05) is 16.7 Å². The number of piperidine rings is 1. The molecule has 2 saturated heterocycles. The summed E-state index contributed by atoms with van der Waals surface area (Å²) in [5.74, 6) is 1.22. The summed E-state index contributed by atoms with van der Waals surface area (Å²) in [5, 5.41) is 0. The van der Waals surface area contributed by atoms with Gasteiger partial charge in [0.1, 0.15) is 0 Å². The monoisotopic (exact) mass is 397 g/mol. The lowest BCUT2D eigenvalue weighted by molar-refractivity contribution is -0.139. The molecule has 0 spiro atoms. The average Bonchev–Trinajstić information content (AvgIpc) is 2.65. The van der Waals surface area contributed by atoms with Crippen LogP contribution in [0.5, 0.6) is 0 Å². The van der Waals surface area contributed by atoms with E-state index in [0.717, 1.165) is 25.6 Å².